The predicted molar refractivity (Wildman–Crippen MR) is 109 cm³/mol. The van der Waals surface area contributed by atoms with E-state index in [2.05, 4.69) is 36.4 Å². The van der Waals surface area contributed by atoms with Crippen LogP contribution in [-0.2, 0) is 6.42 Å². The van der Waals surface area contributed by atoms with Gasteiger partial charge in [0, 0.05) is 18.7 Å². The van der Waals surface area contributed by atoms with E-state index in [9.17, 15) is 4.79 Å². The first-order valence-corrected chi connectivity index (χ1v) is 9.45. The Balaban J connectivity index is 2.10. The monoisotopic (exact) mass is 365 g/mol. The molecule has 0 aliphatic heterocycles. The van der Waals surface area contributed by atoms with Gasteiger partial charge in [0.05, 0.1) is 22.8 Å². The number of rotatable bonds is 7. The zero-order chi connectivity index (χ0) is 19.4. The lowest BCUT2D eigenvalue weighted by Crippen LogP contribution is -2.18. The van der Waals surface area contributed by atoms with Gasteiger partial charge in [0.2, 0.25) is 0 Å². The van der Waals surface area contributed by atoms with Crippen molar-refractivity contribution in [3.63, 3.8) is 0 Å². The number of hydrogen-bond acceptors (Lipinski definition) is 4. The van der Waals surface area contributed by atoms with Crippen molar-refractivity contribution in [1.29, 1.82) is 0 Å². The van der Waals surface area contributed by atoms with Crippen molar-refractivity contribution in [3.05, 3.63) is 47.7 Å². The van der Waals surface area contributed by atoms with Crippen molar-refractivity contribution in [3.8, 4) is 11.3 Å². The third kappa shape index (κ3) is 4.01. The Hall–Kier alpha value is -2.73. The molecule has 0 saturated heterocycles. The Labute approximate surface area is 159 Å². The van der Waals surface area contributed by atoms with Crippen molar-refractivity contribution in [1.82, 2.24) is 20.1 Å². The summed E-state index contributed by atoms with van der Waals surface area (Å²) in [4.78, 5) is 17.3. The number of fused-ring (bicyclic) bond motifs is 1. The molecule has 6 heteroatoms. The molecule has 3 aromatic rings. The molecule has 0 atom stereocenters. The highest BCUT2D eigenvalue weighted by Crippen LogP contribution is 2.27. The molecule has 0 saturated carbocycles. The Bertz CT molecular complexity index is 945. The standard InChI is InChI=1S/C21H27N5O/c1-14(2)26-20-18(13-24-26)17(21(27)23-3)12-19(25-20)16-9-6-8-15(11-16)7-4-5-10-22/h6,8-9,11-14H,4-5,7,10,22H2,1-3H3,(H,23,27). The van der Waals surface area contributed by atoms with Crippen LogP contribution in [0.5, 0.6) is 0 Å². The molecule has 0 bridgehead atoms. The summed E-state index contributed by atoms with van der Waals surface area (Å²) < 4.78 is 1.86. The minimum atomic E-state index is -0.133. The van der Waals surface area contributed by atoms with E-state index in [0.717, 1.165) is 41.6 Å². The van der Waals surface area contributed by atoms with Gasteiger partial charge < -0.3 is 11.1 Å². The van der Waals surface area contributed by atoms with Crippen LogP contribution in [-0.4, -0.2) is 34.3 Å². The fraction of sp³-hybridized carbons (Fsp3) is 0.381. The maximum atomic E-state index is 12.4. The average Bonchev–Trinajstić information content (AvgIpc) is 3.11. The molecule has 2 heterocycles. The van der Waals surface area contributed by atoms with Crippen molar-refractivity contribution in [2.75, 3.05) is 13.6 Å². The second kappa shape index (κ2) is 8.31. The minimum absolute atomic E-state index is 0.133. The van der Waals surface area contributed by atoms with Crippen LogP contribution in [0.25, 0.3) is 22.3 Å². The molecule has 3 rings (SSSR count). The van der Waals surface area contributed by atoms with Gasteiger partial charge in [-0.05, 0) is 57.4 Å². The molecule has 6 nitrogen and oxygen atoms in total. The van der Waals surface area contributed by atoms with E-state index >= 15 is 0 Å². The highest BCUT2D eigenvalue weighted by molar-refractivity contribution is 6.06. The van der Waals surface area contributed by atoms with Crippen molar-refractivity contribution in [2.24, 2.45) is 5.73 Å². The lowest BCUT2D eigenvalue weighted by atomic mass is 10.0. The van der Waals surface area contributed by atoms with Gasteiger partial charge in [-0.2, -0.15) is 5.10 Å². The molecule has 2 aromatic heterocycles. The molecule has 142 valence electrons. The first kappa shape index (κ1) is 19.0. The smallest absolute Gasteiger partial charge is 0.251 e. The van der Waals surface area contributed by atoms with Crippen LogP contribution >= 0.6 is 0 Å². The number of hydrogen-bond donors (Lipinski definition) is 2. The molecule has 0 radical (unpaired) electrons. The van der Waals surface area contributed by atoms with Gasteiger partial charge >= 0.3 is 0 Å². The van der Waals surface area contributed by atoms with E-state index < -0.39 is 0 Å². The third-order valence-electron chi connectivity index (χ3n) is 4.67. The lowest BCUT2D eigenvalue weighted by molar-refractivity contribution is 0.0964. The van der Waals surface area contributed by atoms with Crippen LogP contribution in [0, 0.1) is 0 Å². The van der Waals surface area contributed by atoms with E-state index in [1.807, 2.05) is 22.9 Å². The number of nitrogens with two attached hydrogens (primary N) is 1. The molecule has 1 aromatic carbocycles. The SMILES string of the molecule is CNC(=O)c1cc(-c2cccc(CCCCN)c2)nc2c1cnn2C(C)C. The molecule has 3 N–H and O–H groups in total. The number of amides is 1. The summed E-state index contributed by atoms with van der Waals surface area (Å²) in [5, 5.41) is 7.93. The van der Waals surface area contributed by atoms with E-state index in [-0.39, 0.29) is 11.9 Å². The summed E-state index contributed by atoms with van der Waals surface area (Å²) in [6.45, 7) is 4.82. The topological polar surface area (TPSA) is 85.8 Å². The molecular formula is C21H27N5O. The Morgan fingerprint density at radius 2 is 2.07 bits per heavy atom. The quantitative estimate of drug-likeness (QED) is 0.629. The fourth-order valence-corrected chi connectivity index (χ4v) is 3.23. The first-order chi connectivity index (χ1) is 13.0. The van der Waals surface area contributed by atoms with Crippen LogP contribution in [0.15, 0.2) is 36.5 Å². The number of carbonyl (C=O) groups excluding carboxylic acids is 1. The van der Waals surface area contributed by atoms with Gasteiger partial charge in [0.25, 0.3) is 5.91 Å². The van der Waals surface area contributed by atoms with E-state index in [1.54, 1.807) is 13.2 Å². The second-order valence-electron chi connectivity index (χ2n) is 7.00. The van der Waals surface area contributed by atoms with Gasteiger partial charge in [-0.15, -0.1) is 0 Å². The zero-order valence-electron chi connectivity index (χ0n) is 16.2. The maximum absolute atomic E-state index is 12.4. The van der Waals surface area contributed by atoms with Gasteiger partial charge in [-0.1, -0.05) is 18.2 Å². The summed E-state index contributed by atoms with van der Waals surface area (Å²) in [5.74, 6) is -0.133. The van der Waals surface area contributed by atoms with Crippen LogP contribution in [0.3, 0.4) is 0 Å². The molecule has 0 fully saturated rings. The fourth-order valence-electron chi connectivity index (χ4n) is 3.23. The summed E-state index contributed by atoms with van der Waals surface area (Å²) in [7, 11) is 1.64. The number of pyridine rings is 1. The minimum Gasteiger partial charge on any atom is -0.355 e. The second-order valence-corrected chi connectivity index (χ2v) is 7.00. The van der Waals surface area contributed by atoms with Crippen molar-refractivity contribution >= 4 is 16.9 Å². The number of benzene rings is 1. The first-order valence-electron chi connectivity index (χ1n) is 9.45. The van der Waals surface area contributed by atoms with E-state index in [4.69, 9.17) is 10.7 Å². The average molecular weight is 365 g/mol. The highest BCUT2D eigenvalue weighted by atomic mass is 16.1. The Morgan fingerprint density at radius 1 is 1.26 bits per heavy atom. The van der Waals surface area contributed by atoms with Gasteiger partial charge in [0.15, 0.2) is 5.65 Å². The van der Waals surface area contributed by atoms with Gasteiger partial charge in [0.1, 0.15) is 0 Å². The summed E-state index contributed by atoms with van der Waals surface area (Å²) >= 11 is 0. The van der Waals surface area contributed by atoms with Gasteiger partial charge in [-0.3, -0.25) is 4.79 Å². The molecule has 0 spiro atoms. The van der Waals surface area contributed by atoms with Gasteiger partial charge in [-0.25, -0.2) is 9.67 Å². The molecule has 0 unspecified atom stereocenters. The molecule has 0 aliphatic rings. The summed E-state index contributed by atoms with van der Waals surface area (Å²) in [5.41, 5.74) is 9.96. The highest BCUT2D eigenvalue weighted by Gasteiger charge is 2.17. The third-order valence-corrected chi connectivity index (χ3v) is 4.67. The molecule has 0 aliphatic carbocycles. The van der Waals surface area contributed by atoms with E-state index in [0.29, 0.717) is 12.1 Å². The predicted octanol–water partition coefficient (Wildman–Crippen LogP) is 3.32. The number of aromatic nitrogens is 3. The number of nitrogens with one attached hydrogen (secondary N) is 1. The summed E-state index contributed by atoms with van der Waals surface area (Å²) in [6, 6.07) is 10.4. The number of carbonyl (C=O) groups is 1. The van der Waals surface area contributed by atoms with Crippen LogP contribution < -0.4 is 11.1 Å². The van der Waals surface area contributed by atoms with Crippen molar-refractivity contribution < 1.29 is 4.79 Å². The number of unbranched alkanes of at least 4 members (excludes halogenated alkanes) is 1. The molecular weight excluding hydrogens is 338 g/mol. The lowest BCUT2D eigenvalue weighted by Gasteiger charge is -2.11. The summed E-state index contributed by atoms with van der Waals surface area (Å²) in [6.07, 6.45) is 4.79. The normalized spacial score (nSPS) is 11.3. The maximum Gasteiger partial charge on any atom is 0.251 e. The zero-order valence-corrected chi connectivity index (χ0v) is 16.2. The Kier molecular flexibility index (Phi) is 5.86. The van der Waals surface area contributed by atoms with Crippen LogP contribution in [0.4, 0.5) is 0 Å². The number of aryl methyl sites for hydroxylation is 1. The van der Waals surface area contributed by atoms with E-state index in [1.165, 1.54) is 5.56 Å². The van der Waals surface area contributed by atoms with Crippen LogP contribution in [0.2, 0.25) is 0 Å². The molecule has 1 amide bonds. The largest absolute Gasteiger partial charge is 0.355 e. The van der Waals surface area contributed by atoms with Crippen LogP contribution in [0.1, 0.15) is 48.7 Å². The molecule has 27 heavy (non-hydrogen) atoms. The van der Waals surface area contributed by atoms with Crippen molar-refractivity contribution in [2.45, 2.75) is 39.2 Å². The Morgan fingerprint density at radius 3 is 2.78 bits per heavy atom. The number of nitrogens with zero attached hydrogens (tertiary/aromatic N) is 3.